The van der Waals surface area contributed by atoms with Gasteiger partial charge in [0.15, 0.2) is 0 Å². The van der Waals surface area contributed by atoms with E-state index in [1.54, 1.807) is 42.5 Å². The highest BCUT2D eigenvalue weighted by molar-refractivity contribution is 6.31. The SMILES string of the molecule is COc1cccc(C(=O)Nc2oc3ccc(Cl)cc3c(=O)c2-c2cccc3ccccc23)c1. The minimum Gasteiger partial charge on any atom is -0.497 e. The lowest BCUT2D eigenvalue weighted by molar-refractivity contribution is 0.102. The molecule has 1 amide bonds. The van der Waals surface area contributed by atoms with E-state index >= 15 is 0 Å². The van der Waals surface area contributed by atoms with E-state index in [0.717, 1.165) is 10.8 Å². The predicted octanol–water partition coefficient (Wildman–Crippen LogP) is 6.53. The summed E-state index contributed by atoms with van der Waals surface area (Å²) in [5.74, 6) is 0.192. The summed E-state index contributed by atoms with van der Waals surface area (Å²) in [7, 11) is 1.53. The van der Waals surface area contributed by atoms with Gasteiger partial charge in [0, 0.05) is 10.6 Å². The van der Waals surface area contributed by atoms with Crippen LogP contribution in [0.2, 0.25) is 5.02 Å². The van der Waals surface area contributed by atoms with Gasteiger partial charge in [-0.25, -0.2) is 0 Å². The van der Waals surface area contributed by atoms with Gasteiger partial charge in [-0.05, 0) is 52.7 Å². The zero-order chi connectivity index (χ0) is 22.9. The van der Waals surface area contributed by atoms with E-state index < -0.39 is 5.91 Å². The number of hydrogen-bond acceptors (Lipinski definition) is 4. The number of carbonyl (C=O) groups excluding carboxylic acids is 1. The standard InChI is InChI=1S/C27H18ClNO4/c1-32-19-9-4-8-17(14-19)26(31)29-27-24(21-11-5-7-16-6-2-3-10-20(16)21)25(30)22-15-18(28)12-13-23(22)33-27/h2-15H,1H3,(H,29,31). The fourth-order valence-corrected chi connectivity index (χ4v) is 4.06. The third-order valence-corrected chi connectivity index (χ3v) is 5.71. The largest absolute Gasteiger partial charge is 0.497 e. The molecule has 0 aliphatic carbocycles. The van der Waals surface area contributed by atoms with E-state index in [-0.39, 0.29) is 16.9 Å². The van der Waals surface area contributed by atoms with Crippen molar-refractivity contribution in [2.24, 2.45) is 0 Å². The third kappa shape index (κ3) is 3.83. The number of carbonyl (C=O) groups is 1. The van der Waals surface area contributed by atoms with Crippen LogP contribution < -0.4 is 15.5 Å². The normalized spacial score (nSPS) is 11.0. The molecule has 0 saturated heterocycles. The number of halogens is 1. The van der Waals surface area contributed by atoms with Crippen molar-refractivity contribution in [2.45, 2.75) is 0 Å². The van der Waals surface area contributed by atoms with Gasteiger partial charge in [0.05, 0.1) is 18.1 Å². The Morgan fingerprint density at radius 3 is 2.55 bits per heavy atom. The molecule has 0 radical (unpaired) electrons. The predicted molar refractivity (Wildman–Crippen MR) is 131 cm³/mol. The molecule has 0 unspecified atom stereocenters. The van der Waals surface area contributed by atoms with Crippen LogP contribution in [0.4, 0.5) is 5.88 Å². The first-order valence-corrected chi connectivity index (χ1v) is 10.6. The van der Waals surface area contributed by atoms with Crippen LogP contribution in [0.25, 0.3) is 32.9 Å². The number of ether oxygens (including phenoxy) is 1. The molecule has 0 aliphatic rings. The van der Waals surface area contributed by atoms with E-state index in [1.165, 1.54) is 7.11 Å². The quantitative estimate of drug-likeness (QED) is 0.334. The Labute approximate surface area is 194 Å². The van der Waals surface area contributed by atoms with Crippen molar-refractivity contribution < 1.29 is 13.9 Å². The smallest absolute Gasteiger partial charge is 0.258 e. The van der Waals surface area contributed by atoms with Crippen molar-refractivity contribution in [1.29, 1.82) is 0 Å². The van der Waals surface area contributed by atoms with Gasteiger partial charge < -0.3 is 9.15 Å². The average molecular weight is 456 g/mol. The van der Waals surface area contributed by atoms with E-state index in [9.17, 15) is 9.59 Å². The molecule has 0 atom stereocenters. The number of nitrogens with one attached hydrogen (secondary N) is 1. The molecule has 4 aromatic carbocycles. The lowest BCUT2D eigenvalue weighted by Crippen LogP contribution is -2.16. The van der Waals surface area contributed by atoms with Crippen molar-refractivity contribution in [1.82, 2.24) is 0 Å². The highest BCUT2D eigenvalue weighted by Gasteiger charge is 2.21. The Bertz CT molecular complexity index is 1580. The first-order chi connectivity index (χ1) is 16.0. The number of methoxy groups -OCH3 is 1. The lowest BCUT2D eigenvalue weighted by atomic mass is 9.97. The van der Waals surface area contributed by atoms with E-state index in [1.807, 2.05) is 42.5 Å². The Balaban J connectivity index is 1.75. The van der Waals surface area contributed by atoms with Crippen LogP contribution >= 0.6 is 11.6 Å². The van der Waals surface area contributed by atoms with Crippen LogP contribution in [-0.2, 0) is 0 Å². The third-order valence-electron chi connectivity index (χ3n) is 5.47. The zero-order valence-electron chi connectivity index (χ0n) is 17.6. The summed E-state index contributed by atoms with van der Waals surface area (Å²) in [5, 5.41) is 5.39. The molecule has 162 valence electrons. The number of amides is 1. The topological polar surface area (TPSA) is 68.5 Å². The maximum Gasteiger partial charge on any atom is 0.258 e. The van der Waals surface area contributed by atoms with Crippen LogP contribution in [0.5, 0.6) is 5.75 Å². The van der Waals surface area contributed by atoms with E-state index in [0.29, 0.717) is 32.9 Å². The second-order valence-electron chi connectivity index (χ2n) is 7.49. The van der Waals surface area contributed by atoms with Crippen molar-refractivity contribution >= 4 is 45.1 Å². The first kappa shape index (κ1) is 20.8. The van der Waals surface area contributed by atoms with Gasteiger partial charge in [-0.15, -0.1) is 0 Å². The molecular weight excluding hydrogens is 438 g/mol. The molecule has 1 aromatic heterocycles. The first-order valence-electron chi connectivity index (χ1n) is 10.2. The number of anilines is 1. The summed E-state index contributed by atoms with van der Waals surface area (Å²) < 4.78 is 11.3. The average Bonchev–Trinajstić information content (AvgIpc) is 2.84. The van der Waals surface area contributed by atoms with Crippen LogP contribution in [0.1, 0.15) is 10.4 Å². The summed E-state index contributed by atoms with van der Waals surface area (Å²) >= 11 is 6.15. The van der Waals surface area contributed by atoms with Crippen molar-refractivity contribution in [3.05, 3.63) is 106 Å². The summed E-state index contributed by atoms with van der Waals surface area (Å²) in [6, 6.07) is 25.0. The molecule has 0 spiro atoms. The van der Waals surface area contributed by atoms with Gasteiger partial charge in [0.1, 0.15) is 11.3 Å². The van der Waals surface area contributed by atoms with Gasteiger partial charge in [-0.1, -0.05) is 60.1 Å². The molecule has 0 fully saturated rings. The Hall–Kier alpha value is -4.09. The highest BCUT2D eigenvalue weighted by Crippen LogP contribution is 2.34. The van der Waals surface area contributed by atoms with Crippen LogP contribution in [0, 0.1) is 0 Å². The fraction of sp³-hybridized carbons (Fsp3) is 0.0370. The Morgan fingerprint density at radius 2 is 1.70 bits per heavy atom. The van der Waals surface area contributed by atoms with Crippen LogP contribution in [0.3, 0.4) is 0 Å². The zero-order valence-corrected chi connectivity index (χ0v) is 18.3. The Morgan fingerprint density at radius 1 is 0.909 bits per heavy atom. The van der Waals surface area contributed by atoms with Gasteiger partial charge in [0.2, 0.25) is 11.3 Å². The maximum atomic E-state index is 13.7. The van der Waals surface area contributed by atoms with E-state index in [2.05, 4.69) is 5.32 Å². The summed E-state index contributed by atoms with van der Waals surface area (Å²) in [5.41, 5.74) is 1.34. The molecule has 0 bridgehead atoms. The molecule has 33 heavy (non-hydrogen) atoms. The summed E-state index contributed by atoms with van der Waals surface area (Å²) in [6.45, 7) is 0. The number of rotatable bonds is 4. The van der Waals surface area contributed by atoms with Crippen LogP contribution in [0.15, 0.2) is 94.1 Å². The number of fused-ring (bicyclic) bond motifs is 2. The van der Waals surface area contributed by atoms with E-state index in [4.69, 9.17) is 20.8 Å². The van der Waals surface area contributed by atoms with Crippen molar-refractivity contribution in [2.75, 3.05) is 12.4 Å². The molecular formula is C27H18ClNO4. The summed E-state index contributed by atoms with van der Waals surface area (Å²) in [4.78, 5) is 26.8. The molecule has 1 heterocycles. The van der Waals surface area contributed by atoms with Gasteiger partial charge in [-0.3, -0.25) is 14.9 Å². The minimum absolute atomic E-state index is 0.0685. The lowest BCUT2D eigenvalue weighted by Gasteiger charge is -2.13. The maximum absolute atomic E-state index is 13.7. The molecule has 5 aromatic rings. The van der Waals surface area contributed by atoms with Gasteiger partial charge >= 0.3 is 0 Å². The number of benzene rings is 4. The molecule has 0 aliphatic heterocycles. The Kier molecular flexibility index (Phi) is 5.32. The van der Waals surface area contributed by atoms with Crippen molar-refractivity contribution in [3.63, 3.8) is 0 Å². The number of hydrogen-bond donors (Lipinski definition) is 1. The van der Waals surface area contributed by atoms with Gasteiger partial charge in [0.25, 0.3) is 5.91 Å². The van der Waals surface area contributed by atoms with Crippen molar-refractivity contribution in [3.8, 4) is 16.9 Å². The molecule has 5 nitrogen and oxygen atoms in total. The fourth-order valence-electron chi connectivity index (χ4n) is 3.88. The second-order valence-corrected chi connectivity index (χ2v) is 7.93. The molecule has 6 heteroatoms. The van der Waals surface area contributed by atoms with Gasteiger partial charge in [-0.2, -0.15) is 0 Å². The molecule has 1 N–H and O–H groups in total. The molecule has 0 saturated carbocycles. The highest BCUT2D eigenvalue weighted by atomic mass is 35.5. The second kappa shape index (κ2) is 8.45. The summed E-state index contributed by atoms with van der Waals surface area (Å²) in [6.07, 6.45) is 0. The minimum atomic E-state index is -0.424. The monoisotopic (exact) mass is 455 g/mol. The molecule has 5 rings (SSSR count). The van der Waals surface area contributed by atoms with Crippen LogP contribution in [-0.4, -0.2) is 13.0 Å².